The number of amides is 1. The summed E-state index contributed by atoms with van der Waals surface area (Å²) in [5.41, 5.74) is 0.728. The molecule has 1 amide bonds. The summed E-state index contributed by atoms with van der Waals surface area (Å²) in [6.07, 6.45) is 2.42. The molecule has 5 heteroatoms. The van der Waals surface area contributed by atoms with Gasteiger partial charge in [-0.05, 0) is 75.2 Å². The lowest BCUT2D eigenvalue weighted by Crippen LogP contribution is -2.57. The first-order valence-corrected chi connectivity index (χ1v) is 9.36. The highest BCUT2D eigenvalue weighted by Gasteiger charge is 2.34. The Hall–Kier alpha value is -1.72. The molecule has 4 nitrogen and oxygen atoms in total. The number of fused-ring (bicyclic) bond motifs is 3. The molecule has 2 bridgehead atoms. The molecule has 4 heterocycles. The summed E-state index contributed by atoms with van der Waals surface area (Å²) in [6, 6.07) is 12.0. The van der Waals surface area contributed by atoms with Gasteiger partial charge >= 0.3 is 0 Å². The van der Waals surface area contributed by atoms with Crippen LogP contribution in [0.25, 0.3) is 0 Å². The van der Waals surface area contributed by atoms with E-state index in [2.05, 4.69) is 10.2 Å². The molecule has 5 rings (SSSR count). The number of benzene rings is 1. The molecule has 0 aliphatic carbocycles. The van der Waals surface area contributed by atoms with Gasteiger partial charge in [-0.1, -0.05) is 11.8 Å². The minimum Gasteiger partial charge on any atom is -0.455 e. The van der Waals surface area contributed by atoms with Gasteiger partial charge in [-0.25, -0.2) is 0 Å². The number of piperidine rings is 3. The lowest BCUT2D eigenvalue weighted by Gasteiger charge is -2.44. The molecule has 2 aromatic rings. The summed E-state index contributed by atoms with van der Waals surface area (Å²) in [6.45, 7) is 5.32. The van der Waals surface area contributed by atoms with Gasteiger partial charge in [0.25, 0.3) is 5.91 Å². The van der Waals surface area contributed by atoms with Gasteiger partial charge in [-0.2, -0.15) is 0 Å². The number of rotatable bonds is 4. The lowest BCUT2D eigenvalue weighted by atomic mass is 9.84. The van der Waals surface area contributed by atoms with Crippen LogP contribution >= 0.6 is 11.8 Å². The maximum Gasteiger partial charge on any atom is 0.251 e. The Balaban J connectivity index is 1.38. The molecule has 24 heavy (non-hydrogen) atoms. The van der Waals surface area contributed by atoms with E-state index in [-0.39, 0.29) is 5.91 Å². The Morgan fingerprint density at radius 3 is 2.50 bits per heavy atom. The van der Waals surface area contributed by atoms with Crippen LogP contribution in [0.3, 0.4) is 0 Å². The van der Waals surface area contributed by atoms with Crippen LogP contribution in [0.15, 0.2) is 50.8 Å². The van der Waals surface area contributed by atoms with Crippen molar-refractivity contribution in [1.29, 1.82) is 0 Å². The first-order chi connectivity index (χ1) is 11.7. The zero-order valence-electron chi connectivity index (χ0n) is 13.8. The minimum absolute atomic E-state index is 0.0409. The fourth-order valence-electron chi connectivity index (χ4n) is 3.64. The monoisotopic (exact) mass is 342 g/mol. The van der Waals surface area contributed by atoms with Gasteiger partial charge in [-0.3, -0.25) is 4.79 Å². The first kappa shape index (κ1) is 15.8. The summed E-state index contributed by atoms with van der Waals surface area (Å²) >= 11 is 1.57. The fraction of sp³-hybridized carbons (Fsp3) is 0.421. The van der Waals surface area contributed by atoms with Crippen molar-refractivity contribution in [2.75, 3.05) is 19.6 Å². The quantitative estimate of drug-likeness (QED) is 0.923. The Morgan fingerprint density at radius 2 is 1.92 bits per heavy atom. The van der Waals surface area contributed by atoms with Crippen molar-refractivity contribution in [2.45, 2.75) is 35.8 Å². The zero-order chi connectivity index (χ0) is 16.5. The second-order valence-electron chi connectivity index (χ2n) is 6.71. The molecule has 3 aliphatic rings. The van der Waals surface area contributed by atoms with Gasteiger partial charge in [0.2, 0.25) is 0 Å². The van der Waals surface area contributed by atoms with Crippen LogP contribution in [0, 0.1) is 12.8 Å². The SMILES string of the molecule is Cc1ccc(Sc2ccc(C(=O)NC3CN4CCC3CC4)cc2)o1. The average molecular weight is 342 g/mol. The van der Waals surface area contributed by atoms with Gasteiger partial charge in [0, 0.05) is 23.0 Å². The third kappa shape index (κ3) is 3.37. The normalized spacial score (nSPS) is 25.6. The third-order valence-electron chi connectivity index (χ3n) is 5.02. The predicted molar refractivity (Wildman–Crippen MR) is 94.4 cm³/mol. The van der Waals surface area contributed by atoms with E-state index in [1.807, 2.05) is 43.3 Å². The average Bonchev–Trinajstić information content (AvgIpc) is 3.01. The first-order valence-electron chi connectivity index (χ1n) is 8.55. The molecule has 3 aliphatic heterocycles. The number of carbonyl (C=O) groups is 1. The summed E-state index contributed by atoms with van der Waals surface area (Å²) in [5, 5.41) is 4.11. The maximum absolute atomic E-state index is 12.5. The molecule has 126 valence electrons. The second kappa shape index (κ2) is 6.65. The highest BCUT2D eigenvalue weighted by molar-refractivity contribution is 7.99. The van der Waals surface area contributed by atoms with Crippen molar-refractivity contribution in [3.05, 3.63) is 47.7 Å². The van der Waals surface area contributed by atoms with E-state index in [4.69, 9.17) is 4.42 Å². The Kier molecular flexibility index (Phi) is 4.37. The molecule has 1 atom stereocenters. The van der Waals surface area contributed by atoms with Crippen molar-refractivity contribution in [3.63, 3.8) is 0 Å². The third-order valence-corrected chi connectivity index (χ3v) is 5.95. The van der Waals surface area contributed by atoms with E-state index in [1.54, 1.807) is 11.8 Å². The van der Waals surface area contributed by atoms with Crippen molar-refractivity contribution in [2.24, 2.45) is 5.92 Å². The Bertz CT molecular complexity index is 717. The predicted octanol–water partition coefficient (Wildman–Crippen LogP) is 3.56. The van der Waals surface area contributed by atoms with Crippen LogP contribution in [-0.2, 0) is 0 Å². The number of carbonyl (C=O) groups excluding carboxylic acids is 1. The van der Waals surface area contributed by atoms with Crippen molar-refractivity contribution in [1.82, 2.24) is 10.2 Å². The van der Waals surface area contributed by atoms with Crippen LogP contribution in [0.2, 0.25) is 0 Å². The van der Waals surface area contributed by atoms with Gasteiger partial charge in [0.1, 0.15) is 5.76 Å². The second-order valence-corrected chi connectivity index (χ2v) is 7.79. The van der Waals surface area contributed by atoms with Crippen molar-refractivity contribution < 1.29 is 9.21 Å². The van der Waals surface area contributed by atoms with Gasteiger partial charge in [0.15, 0.2) is 5.09 Å². The molecule has 1 N–H and O–H groups in total. The zero-order valence-corrected chi connectivity index (χ0v) is 14.6. The van der Waals surface area contributed by atoms with E-state index in [0.29, 0.717) is 12.0 Å². The van der Waals surface area contributed by atoms with Crippen molar-refractivity contribution >= 4 is 17.7 Å². The summed E-state index contributed by atoms with van der Waals surface area (Å²) in [4.78, 5) is 16.0. The smallest absolute Gasteiger partial charge is 0.251 e. The number of hydrogen-bond acceptors (Lipinski definition) is 4. The molecule has 0 spiro atoms. The Morgan fingerprint density at radius 1 is 1.17 bits per heavy atom. The Labute approximate surface area is 146 Å². The van der Waals surface area contributed by atoms with E-state index in [9.17, 15) is 4.79 Å². The number of hydrogen-bond donors (Lipinski definition) is 1. The molecule has 3 fully saturated rings. The minimum atomic E-state index is 0.0409. The van der Waals surface area contributed by atoms with E-state index in [1.165, 1.54) is 25.9 Å². The van der Waals surface area contributed by atoms with Gasteiger partial charge in [0.05, 0.1) is 0 Å². The van der Waals surface area contributed by atoms with Gasteiger partial charge < -0.3 is 14.6 Å². The standard InChI is InChI=1S/C19H22N2O2S/c1-13-2-7-18(23-13)24-16-5-3-15(4-6-16)19(22)20-17-12-21-10-8-14(17)9-11-21/h2-7,14,17H,8-12H2,1H3,(H,20,22). The number of aryl methyl sites for hydroxylation is 1. The fourth-order valence-corrected chi connectivity index (χ4v) is 4.45. The van der Waals surface area contributed by atoms with E-state index >= 15 is 0 Å². The van der Waals surface area contributed by atoms with E-state index in [0.717, 1.165) is 27.9 Å². The maximum atomic E-state index is 12.5. The lowest BCUT2D eigenvalue weighted by molar-refractivity contribution is 0.0620. The highest BCUT2D eigenvalue weighted by atomic mass is 32.2. The molecular weight excluding hydrogens is 320 g/mol. The molecule has 0 radical (unpaired) electrons. The molecule has 1 aromatic heterocycles. The molecule has 1 aromatic carbocycles. The number of furan rings is 1. The van der Waals surface area contributed by atoms with Gasteiger partial charge in [-0.15, -0.1) is 0 Å². The van der Waals surface area contributed by atoms with Crippen molar-refractivity contribution in [3.8, 4) is 0 Å². The van der Waals surface area contributed by atoms with Crippen LogP contribution in [0.1, 0.15) is 29.0 Å². The largest absolute Gasteiger partial charge is 0.455 e. The topological polar surface area (TPSA) is 45.5 Å². The number of nitrogens with one attached hydrogen (secondary N) is 1. The summed E-state index contributed by atoms with van der Waals surface area (Å²) < 4.78 is 5.57. The molecular formula is C19H22N2O2S. The summed E-state index contributed by atoms with van der Waals surface area (Å²) in [7, 11) is 0. The van der Waals surface area contributed by atoms with Crippen LogP contribution < -0.4 is 5.32 Å². The van der Waals surface area contributed by atoms with Crippen LogP contribution in [0.5, 0.6) is 0 Å². The summed E-state index contributed by atoms with van der Waals surface area (Å²) in [5.74, 6) is 1.60. The van der Waals surface area contributed by atoms with Crippen LogP contribution in [0.4, 0.5) is 0 Å². The molecule has 1 unspecified atom stereocenters. The van der Waals surface area contributed by atoms with Crippen LogP contribution in [-0.4, -0.2) is 36.5 Å². The van der Waals surface area contributed by atoms with E-state index < -0.39 is 0 Å². The number of nitrogens with zero attached hydrogens (tertiary/aromatic N) is 1. The highest BCUT2D eigenvalue weighted by Crippen LogP contribution is 2.30. The molecule has 3 saturated heterocycles. The molecule has 0 saturated carbocycles.